The summed E-state index contributed by atoms with van der Waals surface area (Å²) in [6.07, 6.45) is 6.08. The quantitative estimate of drug-likeness (QED) is 0.350. The number of benzene rings is 1. The molecule has 1 fully saturated rings. The van der Waals surface area contributed by atoms with Gasteiger partial charge in [0.25, 0.3) is 5.69 Å². The van der Waals surface area contributed by atoms with E-state index in [0.717, 1.165) is 35.2 Å². The predicted molar refractivity (Wildman–Crippen MR) is 125 cm³/mol. The number of nitro benzene ring substituents is 1. The molecule has 176 valence electrons. The Hall–Kier alpha value is -4.39. The van der Waals surface area contributed by atoms with Crippen molar-refractivity contribution in [2.75, 3.05) is 37.5 Å². The zero-order valence-corrected chi connectivity index (χ0v) is 18.1. The van der Waals surface area contributed by atoms with Crippen LogP contribution in [0, 0.1) is 20.2 Å². The van der Waals surface area contributed by atoms with Gasteiger partial charge in [-0.15, -0.1) is 0 Å². The van der Waals surface area contributed by atoms with E-state index in [2.05, 4.69) is 25.4 Å². The average molecular weight is 466 g/mol. The van der Waals surface area contributed by atoms with Crippen molar-refractivity contribution in [2.24, 2.45) is 5.10 Å². The van der Waals surface area contributed by atoms with Crippen molar-refractivity contribution in [3.63, 3.8) is 0 Å². The summed E-state index contributed by atoms with van der Waals surface area (Å²) in [4.78, 5) is 31.0. The minimum atomic E-state index is -0.666. The molecule has 0 amide bonds. The van der Waals surface area contributed by atoms with Crippen LogP contribution in [0.5, 0.6) is 0 Å². The maximum atomic E-state index is 11.3. The number of ether oxygens (including phenoxy) is 1. The lowest BCUT2D eigenvalue weighted by Crippen LogP contribution is -2.36. The number of hydrogen-bond donors (Lipinski definition) is 2. The highest BCUT2D eigenvalue weighted by atomic mass is 16.6. The highest BCUT2D eigenvalue weighted by Gasteiger charge is 2.26. The topological polar surface area (TPSA) is 175 Å². The molecular weight excluding hydrogens is 444 g/mol. The third-order valence-electron chi connectivity index (χ3n) is 5.45. The molecule has 1 aromatic carbocycles. The molecule has 13 nitrogen and oxygen atoms in total. The van der Waals surface area contributed by atoms with E-state index in [4.69, 9.17) is 10.5 Å². The highest BCUT2D eigenvalue weighted by Crippen LogP contribution is 2.35. The fourth-order valence-corrected chi connectivity index (χ4v) is 3.93. The number of non-ortho nitro benzene ring substituents is 1. The summed E-state index contributed by atoms with van der Waals surface area (Å²) in [6.45, 7) is 2.56. The number of nitrogen functional groups attached to an aromatic ring is 1. The number of morpholine rings is 1. The second-order valence-corrected chi connectivity index (χ2v) is 7.58. The third-order valence-corrected chi connectivity index (χ3v) is 5.45. The van der Waals surface area contributed by atoms with Crippen LogP contribution in [0.2, 0.25) is 0 Å². The van der Waals surface area contributed by atoms with Crippen LogP contribution in [0.1, 0.15) is 18.4 Å². The largest absolute Gasteiger partial charge is 0.378 e. The number of rotatable bonds is 7. The van der Waals surface area contributed by atoms with E-state index >= 15 is 0 Å². The summed E-state index contributed by atoms with van der Waals surface area (Å²) in [5.41, 5.74) is 11.4. The standard InChI is InChI=1S/C21H22N8O5/c22-20-19(29(32)33)21(24-13-23-20)26-25-12-16-5-4-15(18(16)27-6-8-34-9-7-27)10-14-2-1-3-17(11-14)28(30)31/h1-3,10-13H,4-9H2,(H3,22,23,24,26)/b15-10+,25-12+. The van der Waals surface area contributed by atoms with Gasteiger partial charge in [-0.2, -0.15) is 5.10 Å². The van der Waals surface area contributed by atoms with E-state index < -0.39 is 15.5 Å². The number of anilines is 2. The van der Waals surface area contributed by atoms with Gasteiger partial charge in [0.1, 0.15) is 6.33 Å². The van der Waals surface area contributed by atoms with Gasteiger partial charge in [0.15, 0.2) is 0 Å². The van der Waals surface area contributed by atoms with Crippen molar-refractivity contribution in [1.29, 1.82) is 0 Å². The molecule has 2 aromatic rings. The first-order valence-corrected chi connectivity index (χ1v) is 10.5. The minimum absolute atomic E-state index is 0.0287. The van der Waals surface area contributed by atoms with Crippen LogP contribution in [-0.4, -0.2) is 57.2 Å². The summed E-state index contributed by atoms with van der Waals surface area (Å²) in [6, 6.07) is 6.47. The molecule has 1 aliphatic heterocycles. The van der Waals surface area contributed by atoms with Crippen LogP contribution in [0.4, 0.5) is 23.0 Å². The zero-order chi connectivity index (χ0) is 24.1. The molecule has 2 aliphatic rings. The van der Waals surface area contributed by atoms with Crippen molar-refractivity contribution in [3.8, 4) is 0 Å². The van der Waals surface area contributed by atoms with Crippen LogP contribution >= 0.6 is 0 Å². The summed E-state index contributed by atoms with van der Waals surface area (Å²) in [5.74, 6) is -0.360. The third kappa shape index (κ3) is 4.99. The van der Waals surface area contributed by atoms with Crippen molar-refractivity contribution in [3.05, 3.63) is 73.2 Å². The number of hydrogen-bond acceptors (Lipinski definition) is 11. The van der Waals surface area contributed by atoms with Crippen molar-refractivity contribution >= 4 is 35.3 Å². The van der Waals surface area contributed by atoms with Gasteiger partial charge in [-0.25, -0.2) is 9.97 Å². The van der Waals surface area contributed by atoms with Gasteiger partial charge >= 0.3 is 5.69 Å². The van der Waals surface area contributed by atoms with Crippen LogP contribution < -0.4 is 11.2 Å². The second-order valence-electron chi connectivity index (χ2n) is 7.58. The van der Waals surface area contributed by atoms with E-state index in [1.807, 2.05) is 12.1 Å². The van der Waals surface area contributed by atoms with E-state index in [-0.39, 0.29) is 17.3 Å². The van der Waals surface area contributed by atoms with E-state index in [0.29, 0.717) is 32.7 Å². The fraction of sp³-hybridized carbons (Fsp3) is 0.286. The minimum Gasteiger partial charge on any atom is -0.378 e. The molecule has 0 bridgehead atoms. The normalized spacial score (nSPS) is 17.5. The number of allylic oxidation sites excluding steroid dienone is 2. The molecule has 1 saturated heterocycles. The zero-order valence-electron chi connectivity index (χ0n) is 18.1. The molecule has 1 aromatic heterocycles. The number of hydrazone groups is 1. The molecule has 0 atom stereocenters. The highest BCUT2D eigenvalue weighted by molar-refractivity contribution is 5.84. The lowest BCUT2D eigenvalue weighted by atomic mass is 10.1. The molecule has 3 N–H and O–H groups in total. The predicted octanol–water partition coefficient (Wildman–Crippen LogP) is 2.74. The number of nitrogens with one attached hydrogen (secondary N) is 1. The van der Waals surface area contributed by atoms with Crippen molar-refractivity contribution in [2.45, 2.75) is 12.8 Å². The Kier molecular flexibility index (Phi) is 6.73. The Labute approximate surface area is 193 Å². The van der Waals surface area contributed by atoms with Crippen LogP contribution in [-0.2, 0) is 4.74 Å². The van der Waals surface area contributed by atoms with E-state index in [1.165, 1.54) is 12.1 Å². The molecular formula is C21H22N8O5. The van der Waals surface area contributed by atoms with Crippen molar-refractivity contribution in [1.82, 2.24) is 14.9 Å². The lowest BCUT2D eigenvalue weighted by Gasteiger charge is -2.31. The summed E-state index contributed by atoms with van der Waals surface area (Å²) in [7, 11) is 0. The van der Waals surface area contributed by atoms with E-state index in [9.17, 15) is 20.2 Å². The molecule has 0 unspecified atom stereocenters. The second kappa shape index (κ2) is 10.0. The first-order chi connectivity index (χ1) is 16.4. The van der Waals surface area contributed by atoms with Gasteiger partial charge < -0.3 is 15.4 Å². The molecule has 4 rings (SSSR count). The molecule has 1 aliphatic carbocycles. The average Bonchev–Trinajstić information content (AvgIpc) is 3.21. The fourth-order valence-electron chi connectivity index (χ4n) is 3.93. The summed E-state index contributed by atoms with van der Waals surface area (Å²) >= 11 is 0. The first-order valence-electron chi connectivity index (χ1n) is 10.5. The smallest absolute Gasteiger partial charge is 0.354 e. The van der Waals surface area contributed by atoms with Gasteiger partial charge in [-0.3, -0.25) is 25.7 Å². The number of nitrogens with zero attached hydrogens (tertiary/aromatic N) is 6. The Bertz CT molecular complexity index is 1200. The maximum absolute atomic E-state index is 11.3. The molecule has 2 heterocycles. The van der Waals surface area contributed by atoms with Gasteiger partial charge in [0.05, 0.1) is 29.3 Å². The van der Waals surface area contributed by atoms with Gasteiger partial charge in [0.2, 0.25) is 11.6 Å². The van der Waals surface area contributed by atoms with Gasteiger partial charge in [-0.05, 0) is 35.6 Å². The number of nitro groups is 2. The first kappa shape index (κ1) is 22.8. The van der Waals surface area contributed by atoms with Crippen LogP contribution in [0.3, 0.4) is 0 Å². The maximum Gasteiger partial charge on any atom is 0.354 e. The SMILES string of the molecule is Nc1ncnc(N/N=C/C2=C(N3CCOCC3)C(=C/c3cccc([N+](=O)[O-])c3)/CC2)c1[N+](=O)[O-]. The molecule has 0 radical (unpaired) electrons. The lowest BCUT2D eigenvalue weighted by molar-refractivity contribution is -0.384. The number of aromatic nitrogens is 2. The molecule has 0 saturated carbocycles. The number of nitrogens with two attached hydrogens (primary N) is 1. The molecule has 0 spiro atoms. The van der Waals surface area contributed by atoms with Gasteiger partial charge in [0, 0.05) is 30.9 Å². The Morgan fingerprint density at radius 3 is 2.68 bits per heavy atom. The Morgan fingerprint density at radius 1 is 1.15 bits per heavy atom. The van der Waals surface area contributed by atoms with Crippen LogP contribution in [0.15, 0.2) is 52.5 Å². The van der Waals surface area contributed by atoms with Crippen LogP contribution in [0.25, 0.3) is 6.08 Å². The summed E-state index contributed by atoms with van der Waals surface area (Å²) in [5, 5.41) is 26.6. The summed E-state index contributed by atoms with van der Waals surface area (Å²) < 4.78 is 5.48. The Balaban J connectivity index is 1.65. The van der Waals surface area contributed by atoms with E-state index in [1.54, 1.807) is 12.3 Å². The monoisotopic (exact) mass is 466 g/mol. The van der Waals surface area contributed by atoms with Gasteiger partial charge in [-0.1, -0.05) is 12.1 Å². The van der Waals surface area contributed by atoms with Crippen molar-refractivity contribution < 1.29 is 14.6 Å². The molecule has 13 heteroatoms. The Morgan fingerprint density at radius 2 is 1.94 bits per heavy atom. The molecule has 34 heavy (non-hydrogen) atoms.